The van der Waals surface area contributed by atoms with Crippen LogP contribution in [0.4, 0.5) is 5.82 Å². The van der Waals surface area contributed by atoms with Gasteiger partial charge in [0.05, 0.1) is 6.20 Å². The number of hydrogen-bond donors (Lipinski definition) is 1. The van der Waals surface area contributed by atoms with E-state index in [0.29, 0.717) is 17.3 Å². The van der Waals surface area contributed by atoms with Crippen molar-refractivity contribution in [2.75, 3.05) is 5.09 Å². The molecule has 6 heteroatoms. The van der Waals surface area contributed by atoms with Crippen LogP contribution < -0.4 is 24.0 Å². The predicted molar refractivity (Wildman–Crippen MR) is 233 cm³/mol. The third-order valence-corrected chi connectivity index (χ3v) is 12.1. The van der Waals surface area contributed by atoms with Crippen molar-refractivity contribution < 1.29 is 18.9 Å². The number of benzene rings is 8. The summed E-state index contributed by atoms with van der Waals surface area (Å²) in [6.45, 7) is 4.21. The molecule has 0 saturated carbocycles. The summed E-state index contributed by atoms with van der Waals surface area (Å²) >= 11 is 0. The van der Waals surface area contributed by atoms with Gasteiger partial charge in [-0.1, -0.05) is 168 Å². The largest absolute Gasteiger partial charge is 0.581 e. The Kier molecular flexibility index (Phi) is 8.56. The SMILES string of the molecule is Cc1cccc(-c2ccc(-c3cc4ccccc4c4c3O[P+]([O-])(Nc3cccc[nH+]3)Oc3c(-c5ccc(-c6cccc(C)c6)cc5)cc5ccccc5c3-4)cc2)c1. The number of aromatic nitrogens is 1. The van der Waals surface area contributed by atoms with Crippen LogP contribution in [0.15, 0.2) is 182 Å². The van der Waals surface area contributed by atoms with Gasteiger partial charge < -0.3 is 4.89 Å². The standard InChI is InChI=1S/C51H37N2O3P/c1-33-11-9-15-39(29-33)35-20-24-37(25-21-35)45-31-41-13-3-5-17-43(41)48-49-44-18-6-4-14-42(44)32-46(38-26-22-36(23-27-38)40-16-10-12-34(2)30-40)51(49)56-57(54,55-50(45)48)53-47-19-7-8-28-52-47/h3-32H,1-2H3,(H,52,53,54)/p+1. The predicted octanol–water partition coefficient (Wildman–Crippen LogP) is 12.7. The molecule has 2 N–H and O–H groups in total. The van der Waals surface area contributed by atoms with E-state index >= 15 is 4.89 Å². The zero-order valence-electron chi connectivity index (χ0n) is 31.5. The van der Waals surface area contributed by atoms with Crippen LogP contribution in [0.2, 0.25) is 0 Å². The van der Waals surface area contributed by atoms with Crippen molar-refractivity contribution in [3.05, 3.63) is 193 Å². The van der Waals surface area contributed by atoms with Gasteiger partial charge in [-0.3, -0.25) is 9.05 Å². The molecule has 0 bridgehead atoms. The molecule has 274 valence electrons. The van der Waals surface area contributed by atoms with Gasteiger partial charge in [0.1, 0.15) is 0 Å². The first kappa shape index (κ1) is 34.7. The number of nitrogens with one attached hydrogen (secondary N) is 2. The van der Waals surface area contributed by atoms with Crippen molar-refractivity contribution in [2.45, 2.75) is 13.8 Å². The second-order valence-corrected chi connectivity index (χ2v) is 16.2. The Morgan fingerprint density at radius 1 is 0.456 bits per heavy atom. The highest BCUT2D eigenvalue weighted by molar-refractivity contribution is 7.61. The van der Waals surface area contributed by atoms with Crippen LogP contribution >= 0.6 is 8.09 Å². The topological polar surface area (TPSA) is 67.7 Å². The Labute approximate surface area is 332 Å². The molecule has 57 heavy (non-hydrogen) atoms. The molecule has 0 atom stereocenters. The van der Waals surface area contributed by atoms with E-state index in [0.717, 1.165) is 77.2 Å². The molecular formula is C51H38N2O3P+. The lowest BCUT2D eigenvalue weighted by molar-refractivity contribution is -0.360. The lowest BCUT2D eigenvalue weighted by Gasteiger charge is -2.23. The molecule has 0 amide bonds. The monoisotopic (exact) mass is 757 g/mol. The van der Waals surface area contributed by atoms with E-state index in [4.69, 9.17) is 9.05 Å². The van der Waals surface area contributed by atoms with Crippen LogP contribution in [0.3, 0.4) is 0 Å². The Morgan fingerprint density at radius 2 is 0.912 bits per heavy atom. The second-order valence-electron chi connectivity index (χ2n) is 14.7. The fourth-order valence-corrected chi connectivity index (χ4v) is 9.44. The summed E-state index contributed by atoms with van der Waals surface area (Å²) in [5.74, 6) is 1.47. The maximum absolute atomic E-state index is 15.6. The van der Waals surface area contributed by atoms with Crippen molar-refractivity contribution in [1.82, 2.24) is 0 Å². The van der Waals surface area contributed by atoms with E-state index in [9.17, 15) is 0 Å². The zero-order chi connectivity index (χ0) is 38.5. The van der Waals surface area contributed by atoms with Crippen molar-refractivity contribution >= 4 is 35.5 Å². The lowest BCUT2D eigenvalue weighted by Crippen LogP contribution is -2.29. The third kappa shape index (κ3) is 6.47. The minimum absolute atomic E-state index is 0.486. The molecule has 0 spiro atoms. The lowest BCUT2D eigenvalue weighted by atomic mass is 9.86. The van der Waals surface area contributed by atoms with Gasteiger partial charge in [-0.2, -0.15) is 0 Å². The third-order valence-electron chi connectivity index (χ3n) is 10.7. The highest BCUT2D eigenvalue weighted by atomic mass is 31.2. The molecule has 8 aromatic carbocycles. The number of fused-ring (bicyclic) bond motifs is 7. The summed E-state index contributed by atoms with van der Waals surface area (Å²) in [5.41, 5.74) is 12.1. The maximum Gasteiger partial charge on any atom is 0.504 e. The first-order chi connectivity index (χ1) is 27.9. The van der Waals surface area contributed by atoms with Crippen molar-refractivity contribution in [1.29, 1.82) is 0 Å². The van der Waals surface area contributed by atoms with E-state index in [2.05, 4.69) is 170 Å². The number of H-pyrrole nitrogens is 1. The van der Waals surface area contributed by atoms with E-state index in [1.54, 1.807) is 6.20 Å². The van der Waals surface area contributed by atoms with Gasteiger partial charge in [0, 0.05) is 28.3 Å². The number of aryl methyl sites for hydroxylation is 2. The van der Waals surface area contributed by atoms with Crippen molar-refractivity contribution in [3.8, 4) is 67.1 Å². The van der Waals surface area contributed by atoms with Crippen LogP contribution in [0, 0.1) is 13.8 Å². The molecule has 0 unspecified atom stereocenters. The average molecular weight is 758 g/mol. The fourth-order valence-electron chi connectivity index (χ4n) is 8.02. The zero-order valence-corrected chi connectivity index (χ0v) is 32.4. The van der Waals surface area contributed by atoms with Crippen LogP contribution in [0.5, 0.6) is 11.5 Å². The van der Waals surface area contributed by atoms with Crippen molar-refractivity contribution in [3.63, 3.8) is 0 Å². The first-order valence-corrected chi connectivity index (χ1v) is 20.6. The van der Waals surface area contributed by atoms with Crippen LogP contribution in [-0.4, -0.2) is 0 Å². The fraction of sp³-hybridized carbons (Fsp3) is 0.0392. The quantitative estimate of drug-likeness (QED) is 0.172. The molecule has 1 aromatic heterocycles. The Bertz CT molecular complexity index is 2780. The van der Waals surface area contributed by atoms with Crippen LogP contribution in [0.25, 0.3) is 77.2 Å². The smallest absolute Gasteiger partial charge is 0.504 e. The number of rotatable bonds is 6. The Hall–Kier alpha value is -6.78. The Balaban J connectivity index is 1.25. The van der Waals surface area contributed by atoms with Gasteiger partial charge in [0.15, 0.2) is 11.5 Å². The highest BCUT2D eigenvalue weighted by Gasteiger charge is 2.47. The number of aromatic amines is 1. The highest BCUT2D eigenvalue weighted by Crippen LogP contribution is 2.64. The van der Waals surface area contributed by atoms with E-state index in [1.165, 1.54) is 11.1 Å². The molecule has 0 radical (unpaired) electrons. The van der Waals surface area contributed by atoms with E-state index < -0.39 is 8.09 Å². The molecule has 0 aliphatic carbocycles. The van der Waals surface area contributed by atoms with Gasteiger partial charge in [0.2, 0.25) is 0 Å². The number of pyridine rings is 1. The molecule has 1 aliphatic rings. The number of anilines is 1. The molecule has 5 nitrogen and oxygen atoms in total. The van der Waals surface area contributed by atoms with Crippen LogP contribution in [-0.2, 0) is 0 Å². The minimum atomic E-state index is -4.20. The van der Waals surface area contributed by atoms with Crippen LogP contribution in [0.1, 0.15) is 11.1 Å². The molecule has 1 aliphatic heterocycles. The maximum atomic E-state index is 15.6. The number of hydrogen-bond acceptors (Lipinski definition) is 4. The second kappa shape index (κ2) is 14.1. The normalized spacial score (nSPS) is 12.9. The van der Waals surface area contributed by atoms with Gasteiger partial charge in [-0.25, -0.2) is 4.98 Å². The van der Waals surface area contributed by atoms with Gasteiger partial charge in [-0.15, -0.1) is 0 Å². The van der Waals surface area contributed by atoms with E-state index in [1.807, 2.05) is 30.3 Å². The summed E-state index contributed by atoms with van der Waals surface area (Å²) in [6.07, 6.45) is 1.78. The summed E-state index contributed by atoms with van der Waals surface area (Å²) in [7, 11) is -4.20. The molecule has 2 heterocycles. The summed E-state index contributed by atoms with van der Waals surface area (Å²) < 4.78 is 13.8. The van der Waals surface area contributed by atoms with Crippen molar-refractivity contribution in [2.24, 2.45) is 0 Å². The van der Waals surface area contributed by atoms with E-state index in [-0.39, 0.29) is 0 Å². The summed E-state index contributed by atoms with van der Waals surface area (Å²) in [5, 5.41) is 7.15. The molecular weight excluding hydrogens is 720 g/mol. The molecule has 0 saturated heterocycles. The molecule has 10 rings (SSSR count). The Morgan fingerprint density at radius 3 is 1.37 bits per heavy atom. The molecule has 0 fully saturated rings. The molecule has 9 aromatic rings. The average Bonchev–Trinajstić information content (AvgIpc) is 3.38. The van der Waals surface area contributed by atoms with Gasteiger partial charge in [0.25, 0.3) is 0 Å². The minimum Gasteiger partial charge on any atom is -0.581 e. The van der Waals surface area contributed by atoms with Gasteiger partial charge >= 0.3 is 13.9 Å². The van der Waals surface area contributed by atoms with Gasteiger partial charge in [-0.05, 0) is 87.0 Å². The first-order valence-electron chi connectivity index (χ1n) is 19.1. The summed E-state index contributed by atoms with van der Waals surface area (Å²) in [6, 6.07) is 60.5. The summed E-state index contributed by atoms with van der Waals surface area (Å²) in [4.78, 5) is 18.7.